The molecule has 112 valence electrons. The van der Waals surface area contributed by atoms with Gasteiger partial charge >= 0.3 is 0 Å². The molecule has 1 aromatic heterocycles. The van der Waals surface area contributed by atoms with E-state index in [4.69, 9.17) is 4.42 Å². The molecule has 1 aliphatic rings. The Labute approximate surface area is 121 Å². The molecule has 1 aliphatic heterocycles. The Bertz CT molecular complexity index is 442. The molecule has 0 bridgehead atoms. The van der Waals surface area contributed by atoms with Crippen molar-refractivity contribution < 1.29 is 9.21 Å². The van der Waals surface area contributed by atoms with Crippen LogP contribution in [0.1, 0.15) is 57.1 Å². The van der Waals surface area contributed by atoms with Gasteiger partial charge in [-0.05, 0) is 51.8 Å². The Kier molecular flexibility index (Phi) is 4.86. The molecule has 2 heterocycles. The third kappa shape index (κ3) is 3.23. The second-order valence-corrected chi connectivity index (χ2v) is 5.95. The molecular formula is C16H26N2O2. The van der Waals surface area contributed by atoms with E-state index >= 15 is 0 Å². The van der Waals surface area contributed by atoms with Gasteiger partial charge < -0.3 is 15.1 Å². The molecule has 0 saturated carbocycles. The van der Waals surface area contributed by atoms with Crippen molar-refractivity contribution in [2.75, 3.05) is 13.1 Å². The van der Waals surface area contributed by atoms with Crippen molar-refractivity contribution in [2.45, 2.75) is 52.5 Å². The maximum absolute atomic E-state index is 12.7. The van der Waals surface area contributed by atoms with Crippen LogP contribution in [0, 0.1) is 12.3 Å². The summed E-state index contributed by atoms with van der Waals surface area (Å²) in [5.41, 5.74) is -0.247. The van der Waals surface area contributed by atoms with E-state index in [2.05, 4.69) is 17.6 Å². The highest BCUT2D eigenvalue weighted by atomic mass is 16.3. The third-order valence-electron chi connectivity index (χ3n) is 4.22. The summed E-state index contributed by atoms with van der Waals surface area (Å²) in [5.74, 6) is 1.86. The minimum absolute atomic E-state index is 0.0770. The SMILES string of the molecule is CCCC1(C(=O)NC(C)c2ccc(C)o2)CCCNC1. The van der Waals surface area contributed by atoms with Gasteiger partial charge in [-0.3, -0.25) is 4.79 Å². The normalized spacial score (nSPS) is 24.4. The van der Waals surface area contributed by atoms with E-state index in [9.17, 15) is 4.79 Å². The highest BCUT2D eigenvalue weighted by Crippen LogP contribution is 2.32. The molecular weight excluding hydrogens is 252 g/mol. The zero-order valence-corrected chi connectivity index (χ0v) is 12.8. The van der Waals surface area contributed by atoms with Gasteiger partial charge in [-0.1, -0.05) is 13.3 Å². The van der Waals surface area contributed by atoms with Crippen LogP contribution in [0.4, 0.5) is 0 Å². The number of rotatable bonds is 5. The average Bonchev–Trinajstić information content (AvgIpc) is 2.87. The number of carbonyl (C=O) groups is 1. The van der Waals surface area contributed by atoms with Gasteiger partial charge in [0.25, 0.3) is 0 Å². The number of aryl methyl sites for hydroxylation is 1. The quantitative estimate of drug-likeness (QED) is 0.870. The largest absolute Gasteiger partial charge is 0.464 e. The third-order valence-corrected chi connectivity index (χ3v) is 4.22. The van der Waals surface area contributed by atoms with E-state index in [0.717, 1.165) is 50.3 Å². The molecule has 0 spiro atoms. The lowest BCUT2D eigenvalue weighted by Gasteiger charge is -2.36. The van der Waals surface area contributed by atoms with Crippen LogP contribution in [0.2, 0.25) is 0 Å². The van der Waals surface area contributed by atoms with Gasteiger partial charge in [0.05, 0.1) is 11.5 Å². The molecule has 2 unspecified atom stereocenters. The van der Waals surface area contributed by atoms with Crippen molar-refractivity contribution >= 4 is 5.91 Å². The molecule has 0 aromatic carbocycles. The number of piperidine rings is 1. The number of hydrogen-bond donors (Lipinski definition) is 2. The Morgan fingerprint density at radius 3 is 2.90 bits per heavy atom. The lowest BCUT2D eigenvalue weighted by Crippen LogP contribution is -2.50. The summed E-state index contributed by atoms with van der Waals surface area (Å²) < 4.78 is 5.60. The molecule has 1 saturated heterocycles. The van der Waals surface area contributed by atoms with Crippen molar-refractivity contribution in [2.24, 2.45) is 5.41 Å². The summed E-state index contributed by atoms with van der Waals surface area (Å²) in [6.45, 7) is 7.85. The van der Waals surface area contributed by atoms with Gasteiger partial charge in [0.2, 0.25) is 5.91 Å². The molecule has 20 heavy (non-hydrogen) atoms. The second-order valence-electron chi connectivity index (χ2n) is 5.95. The number of nitrogens with one attached hydrogen (secondary N) is 2. The molecule has 2 rings (SSSR count). The van der Waals surface area contributed by atoms with Gasteiger partial charge in [0.15, 0.2) is 0 Å². The second kappa shape index (κ2) is 6.44. The lowest BCUT2D eigenvalue weighted by atomic mass is 9.76. The van der Waals surface area contributed by atoms with E-state index in [1.54, 1.807) is 0 Å². The fourth-order valence-corrected chi connectivity index (χ4v) is 3.07. The maximum atomic E-state index is 12.7. The summed E-state index contributed by atoms with van der Waals surface area (Å²) in [6.07, 6.45) is 4.02. The highest BCUT2D eigenvalue weighted by molar-refractivity contribution is 5.83. The fraction of sp³-hybridized carbons (Fsp3) is 0.688. The monoisotopic (exact) mass is 278 g/mol. The molecule has 0 aliphatic carbocycles. The van der Waals surface area contributed by atoms with Crippen molar-refractivity contribution in [1.82, 2.24) is 10.6 Å². The van der Waals surface area contributed by atoms with Gasteiger partial charge in [-0.15, -0.1) is 0 Å². The summed E-state index contributed by atoms with van der Waals surface area (Å²) in [7, 11) is 0. The zero-order valence-electron chi connectivity index (χ0n) is 12.8. The first-order valence-electron chi connectivity index (χ1n) is 7.65. The highest BCUT2D eigenvalue weighted by Gasteiger charge is 2.39. The van der Waals surface area contributed by atoms with Crippen LogP contribution in [-0.2, 0) is 4.79 Å². The first kappa shape index (κ1) is 15.1. The van der Waals surface area contributed by atoms with Gasteiger partial charge in [0, 0.05) is 6.54 Å². The number of hydrogen-bond acceptors (Lipinski definition) is 3. The predicted molar refractivity (Wildman–Crippen MR) is 79.4 cm³/mol. The molecule has 4 nitrogen and oxygen atoms in total. The van der Waals surface area contributed by atoms with Crippen molar-refractivity contribution in [3.05, 3.63) is 23.7 Å². The summed E-state index contributed by atoms with van der Waals surface area (Å²) in [5, 5.41) is 6.51. The minimum Gasteiger partial charge on any atom is -0.464 e. The number of furan rings is 1. The standard InChI is InChI=1S/C16H26N2O2/c1-4-8-16(9-5-10-17-11-16)15(19)18-13(3)14-7-6-12(2)20-14/h6-7,13,17H,4-5,8-11H2,1-3H3,(H,18,19). The van der Waals surface area contributed by atoms with E-state index in [0.29, 0.717) is 0 Å². The lowest BCUT2D eigenvalue weighted by molar-refractivity contribution is -0.133. The Hall–Kier alpha value is -1.29. The van der Waals surface area contributed by atoms with Crippen molar-refractivity contribution in [1.29, 1.82) is 0 Å². The van der Waals surface area contributed by atoms with Crippen LogP contribution >= 0.6 is 0 Å². The maximum Gasteiger partial charge on any atom is 0.228 e. The number of carbonyl (C=O) groups excluding carboxylic acids is 1. The molecule has 1 amide bonds. The fourth-order valence-electron chi connectivity index (χ4n) is 3.07. The van der Waals surface area contributed by atoms with Crippen LogP contribution in [0.25, 0.3) is 0 Å². The first-order valence-corrected chi connectivity index (χ1v) is 7.65. The predicted octanol–water partition coefficient (Wildman–Crippen LogP) is 2.94. The Morgan fingerprint density at radius 1 is 1.55 bits per heavy atom. The smallest absolute Gasteiger partial charge is 0.228 e. The van der Waals surface area contributed by atoms with Crippen LogP contribution in [0.15, 0.2) is 16.5 Å². The van der Waals surface area contributed by atoms with E-state index < -0.39 is 0 Å². The van der Waals surface area contributed by atoms with E-state index in [-0.39, 0.29) is 17.4 Å². The van der Waals surface area contributed by atoms with E-state index in [1.165, 1.54) is 0 Å². The molecule has 2 N–H and O–H groups in total. The summed E-state index contributed by atoms with van der Waals surface area (Å²) >= 11 is 0. The van der Waals surface area contributed by atoms with Gasteiger partial charge in [-0.25, -0.2) is 0 Å². The molecule has 2 atom stereocenters. The van der Waals surface area contributed by atoms with Crippen molar-refractivity contribution in [3.63, 3.8) is 0 Å². The Balaban J connectivity index is 2.04. The van der Waals surface area contributed by atoms with Crippen LogP contribution < -0.4 is 10.6 Å². The number of amides is 1. The van der Waals surface area contributed by atoms with Crippen LogP contribution in [-0.4, -0.2) is 19.0 Å². The molecule has 1 fully saturated rings. The van der Waals surface area contributed by atoms with Crippen LogP contribution in [0.5, 0.6) is 0 Å². The zero-order chi connectivity index (χ0) is 14.6. The topological polar surface area (TPSA) is 54.3 Å². The molecule has 0 radical (unpaired) electrons. The van der Waals surface area contributed by atoms with Gasteiger partial charge in [-0.2, -0.15) is 0 Å². The average molecular weight is 278 g/mol. The Morgan fingerprint density at radius 2 is 2.35 bits per heavy atom. The summed E-state index contributed by atoms with van der Waals surface area (Å²) in [6, 6.07) is 3.79. The summed E-state index contributed by atoms with van der Waals surface area (Å²) in [4.78, 5) is 12.7. The van der Waals surface area contributed by atoms with Crippen molar-refractivity contribution in [3.8, 4) is 0 Å². The molecule has 4 heteroatoms. The first-order chi connectivity index (χ1) is 9.57. The van der Waals surface area contributed by atoms with E-state index in [1.807, 2.05) is 26.0 Å². The molecule has 1 aromatic rings. The van der Waals surface area contributed by atoms with Gasteiger partial charge in [0.1, 0.15) is 11.5 Å². The minimum atomic E-state index is -0.247. The van der Waals surface area contributed by atoms with Crippen LogP contribution in [0.3, 0.4) is 0 Å².